The fourth-order valence-electron chi connectivity index (χ4n) is 7.44. The molecule has 0 radical (unpaired) electrons. The molecule has 0 unspecified atom stereocenters. The van der Waals surface area contributed by atoms with Crippen molar-refractivity contribution < 1.29 is 18.3 Å². The first-order chi connectivity index (χ1) is 19.7. The zero-order valence-corrected chi connectivity index (χ0v) is 25.1. The van der Waals surface area contributed by atoms with Crippen LogP contribution in [0.4, 0.5) is 5.69 Å². The molecule has 220 valence electrons. The normalized spacial score (nSPS) is 19.3. The molecule has 0 spiro atoms. The van der Waals surface area contributed by atoms with Gasteiger partial charge in [0.15, 0.2) is 0 Å². The van der Waals surface area contributed by atoms with E-state index in [2.05, 4.69) is 51.7 Å². The Hall–Kier alpha value is -2.88. The molecule has 3 heterocycles. The number of benzene rings is 2. The van der Waals surface area contributed by atoms with E-state index in [4.69, 9.17) is 0 Å². The second-order valence-electron chi connectivity index (χ2n) is 12.2. The van der Waals surface area contributed by atoms with Gasteiger partial charge >= 0.3 is 5.97 Å². The minimum atomic E-state index is -3.13. The number of likely N-dealkylation sites (N-methyl/N-ethyl adjacent to an activating group) is 1. The molecule has 0 bridgehead atoms. The maximum Gasteiger partial charge on any atom is 0.335 e. The van der Waals surface area contributed by atoms with Crippen LogP contribution in [0.3, 0.4) is 0 Å². The number of aromatic carboxylic acids is 1. The predicted molar refractivity (Wildman–Crippen MR) is 164 cm³/mol. The van der Waals surface area contributed by atoms with E-state index in [1.54, 1.807) is 10.4 Å². The minimum absolute atomic E-state index is 0.339. The van der Waals surface area contributed by atoms with Crippen molar-refractivity contribution in [1.29, 1.82) is 0 Å². The summed E-state index contributed by atoms with van der Waals surface area (Å²) in [4.78, 5) is 16.8. The van der Waals surface area contributed by atoms with Crippen LogP contribution in [0.5, 0.6) is 0 Å². The summed E-state index contributed by atoms with van der Waals surface area (Å²) in [7, 11) is -0.963. The summed E-state index contributed by atoms with van der Waals surface area (Å²) < 4.78 is 27.9. The van der Waals surface area contributed by atoms with Crippen LogP contribution in [-0.2, 0) is 16.6 Å². The standard InChI is InChI=1S/C32H42N4O4S/c1-33(25-14-16-35(17-15-25)41(2,39)40)18-19-34-20-21-36-29-22-24(32(37)38)12-13-26(29)30(23-8-4-3-5-9-23)31(36)27-10-6-7-11-28(27)34/h6-7,10-13,22-23,25H,3-5,8-9,14-21H2,1-2H3,(H,37,38). The third kappa shape index (κ3) is 5.51. The molecule has 0 atom stereocenters. The zero-order valence-electron chi connectivity index (χ0n) is 24.3. The van der Waals surface area contributed by atoms with Gasteiger partial charge in [-0.2, -0.15) is 0 Å². The highest BCUT2D eigenvalue weighted by molar-refractivity contribution is 7.88. The lowest BCUT2D eigenvalue weighted by atomic mass is 9.81. The van der Waals surface area contributed by atoms with Gasteiger partial charge in [0.05, 0.1) is 17.5 Å². The first kappa shape index (κ1) is 28.2. The van der Waals surface area contributed by atoms with E-state index in [1.165, 1.54) is 66.3 Å². The monoisotopic (exact) mass is 578 g/mol. The van der Waals surface area contributed by atoms with Gasteiger partial charge in [0.25, 0.3) is 0 Å². The van der Waals surface area contributed by atoms with Gasteiger partial charge in [0, 0.05) is 67.5 Å². The number of fused-ring (bicyclic) bond motifs is 5. The summed E-state index contributed by atoms with van der Waals surface area (Å²) in [6.07, 6.45) is 9.15. The van der Waals surface area contributed by atoms with E-state index >= 15 is 0 Å². The number of carboxylic acid groups (broad SMARTS) is 1. The summed E-state index contributed by atoms with van der Waals surface area (Å²) in [5.74, 6) is -0.399. The molecule has 41 heavy (non-hydrogen) atoms. The number of piperidine rings is 1. The number of sulfonamides is 1. The Labute approximate surface area is 243 Å². The molecule has 0 amide bonds. The van der Waals surface area contributed by atoms with Crippen molar-refractivity contribution in [3.05, 3.63) is 53.6 Å². The lowest BCUT2D eigenvalue weighted by Gasteiger charge is -2.37. The van der Waals surface area contributed by atoms with Crippen LogP contribution in [0.25, 0.3) is 22.2 Å². The molecule has 2 aliphatic heterocycles. The van der Waals surface area contributed by atoms with Crippen molar-refractivity contribution in [2.75, 3.05) is 50.9 Å². The van der Waals surface area contributed by atoms with Crippen molar-refractivity contribution in [2.24, 2.45) is 0 Å². The van der Waals surface area contributed by atoms with Gasteiger partial charge < -0.3 is 19.5 Å². The van der Waals surface area contributed by atoms with Gasteiger partial charge in [0.2, 0.25) is 10.0 Å². The van der Waals surface area contributed by atoms with Crippen molar-refractivity contribution >= 4 is 32.6 Å². The number of hydrogen-bond donors (Lipinski definition) is 1. The maximum atomic E-state index is 11.9. The Morgan fingerprint density at radius 1 is 0.976 bits per heavy atom. The van der Waals surface area contributed by atoms with Crippen LogP contribution in [0.1, 0.15) is 66.8 Å². The van der Waals surface area contributed by atoms with Gasteiger partial charge in [-0.15, -0.1) is 0 Å². The molecule has 9 heteroatoms. The predicted octanol–water partition coefficient (Wildman–Crippen LogP) is 5.23. The van der Waals surface area contributed by atoms with Gasteiger partial charge in [-0.05, 0) is 62.4 Å². The molecule has 1 aliphatic carbocycles. The number of aromatic nitrogens is 1. The molecule has 1 saturated carbocycles. The molecule has 1 saturated heterocycles. The lowest BCUT2D eigenvalue weighted by Crippen LogP contribution is -2.47. The van der Waals surface area contributed by atoms with Gasteiger partial charge in [0.1, 0.15) is 0 Å². The number of carboxylic acids is 1. The molecule has 2 aromatic carbocycles. The molecule has 3 aliphatic rings. The van der Waals surface area contributed by atoms with Crippen LogP contribution in [0.15, 0.2) is 42.5 Å². The van der Waals surface area contributed by atoms with E-state index < -0.39 is 16.0 Å². The van der Waals surface area contributed by atoms with Crippen LogP contribution in [0, 0.1) is 0 Å². The van der Waals surface area contributed by atoms with Crippen molar-refractivity contribution in [1.82, 2.24) is 13.8 Å². The van der Waals surface area contributed by atoms with E-state index in [-0.39, 0.29) is 0 Å². The smallest absolute Gasteiger partial charge is 0.335 e. The molecule has 8 nitrogen and oxygen atoms in total. The number of para-hydroxylation sites is 1. The Kier molecular flexibility index (Phi) is 7.87. The average molecular weight is 579 g/mol. The minimum Gasteiger partial charge on any atom is -0.478 e. The SMILES string of the molecule is CN(CCN1CCn2c(c(C3CCCCC3)c3ccc(C(=O)O)cc32)-c2ccccc21)C1CCN(S(C)(=O)=O)CC1. The van der Waals surface area contributed by atoms with E-state index in [0.717, 1.165) is 44.5 Å². The van der Waals surface area contributed by atoms with E-state index in [9.17, 15) is 18.3 Å². The quantitative estimate of drug-likeness (QED) is 0.413. The first-order valence-corrected chi connectivity index (χ1v) is 17.0. The highest BCUT2D eigenvalue weighted by Crippen LogP contribution is 2.47. The Morgan fingerprint density at radius 3 is 2.41 bits per heavy atom. The number of hydrogen-bond acceptors (Lipinski definition) is 5. The summed E-state index contributed by atoms with van der Waals surface area (Å²) in [5, 5.41) is 11.0. The fourth-order valence-corrected chi connectivity index (χ4v) is 8.31. The number of carbonyl (C=O) groups is 1. The van der Waals surface area contributed by atoms with Gasteiger partial charge in [-0.3, -0.25) is 0 Å². The fraction of sp³-hybridized carbons (Fsp3) is 0.531. The third-order valence-corrected chi connectivity index (χ3v) is 11.0. The van der Waals surface area contributed by atoms with Crippen LogP contribution < -0.4 is 4.90 Å². The average Bonchev–Trinajstić information content (AvgIpc) is 3.21. The second-order valence-corrected chi connectivity index (χ2v) is 14.1. The molecular weight excluding hydrogens is 536 g/mol. The molecule has 3 aromatic rings. The van der Waals surface area contributed by atoms with E-state index in [1.807, 2.05) is 6.07 Å². The summed E-state index contributed by atoms with van der Waals surface area (Å²) in [6, 6.07) is 14.8. The number of rotatable bonds is 7. The summed E-state index contributed by atoms with van der Waals surface area (Å²) in [5.41, 5.74) is 6.53. The first-order valence-electron chi connectivity index (χ1n) is 15.1. The largest absolute Gasteiger partial charge is 0.478 e. The highest BCUT2D eigenvalue weighted by atomic mass is 32.2. The van der Waals surface area contributed by atoms with Crippen molar-refractivity contribution in [3.63, 3.8) is 0 Å². The lowest BCUT2D eigenvalue weighted by molar-refractivity contribution is 0.0697. The van der Waals surface area contributed by atoms with Crippen molar-refractivity contribution in [2.45, 2.75) is 63.5 Å². The van der Waals surface area contributed by atoms with Crippen LogP contribution in [0.2, 0.25) is 0 Å². The Bertz CT molecular complexity index is 1530. The Balaban J connectivity index is 1.31. The molecular formula is C32H42N4O4S. The molecule has 1 aromatic heterocycles. The zero-order chi connectivity index (χ0) is 28.7. The van der Waals surface area contributed by atoms with Crippen molar-refractivity contribution in [3.8, 4) is 11.3 Å². The maximum absolute atomic E-state index is 11.9. The van der Waals surface area contributed by atoms with Crippen LogP contribution >= 0.6 is 0 Å². The van der Waals surface area contributed by atoms with E-state index in [0.29, 0.717) is 30.6 Å². The second kappa shape index (κ2) is 11.4. The number of anilines is 1. The van der Waals surface area contributed by atoms with Crippen LogP contribution in [-0.4, -0.2) is 85.3 Å². The summed E-state index contributed by atoms with van der Waals surface area (Å²) >= 11 is 0. The number of nitrogens with zero attached hydrogens (tertiary/aromatic N) is 4. The van der Waals surface area contributed by atoms with Gasteiger partial charge in [-0.1, -0.05) is 43.5 Å². The molecule has 2 fully saturated rings. The summed E-state index contributed by atoms with van der Waals surface area (Å²) in [6.45, 7) is 4.59. The highest BCUT2D eigenvalue weighted by Gasteiger charge is 2.31. The molecule has 6 rings (SSSR count). The third-order valence-electron chi connectivity index (χ3n) is 9.70. The van der Waals surface area contributed by atoms with Gasteiger partial charge in [-0.25, -0.2) is 17.5 Å². The Morgan fingerprint density at radius 2 is 1.71 bits per heavy atom. The topological polar surface area (TPSA) is 86.1 Å². The molecule has 1 N–H and O–H groups in total.